The predicted octanol–water partition coefficient (Wildman–Crippen LogP) is 3.80. The van der Waals surface area contributed by atoms with Crippen LogP contribution in [0.15, 0.2) is 48.8 Å². The molecule has 9 nitrogen and oxygen atoms in total. The van der Waals surface area contributed by atoms with Gasteiger partial charge in [-0.1, -0.05) is 12.7 Å². The number of hydrogen-bond acceptors (Lipinski definition) is 7. The van der Waals surface area contributed by atoms with Gasteiger partial charge in [0, 0.05) is 56.0 Å². The molecule has 0 atom stereocenters. The van der Waals surface area contributed by atoms with E-state index in [4.69, 9.17) is 4.98 Å². The lowest BCUT2D eigenvalue weighted by Crippen LogP contribution is -2.51. The summed E-state index contributed by atoms with van der Waals surface area (Å²) in [6.07, 6.45) is 8.77. The van der Waals surface area contributed by atoms with Gasteiger partial charge in [-0.15, -0.1) is 11.3 Å². The molecule has 3 heterocycles. The molecule has 0 spiro atoms. The normalized spacial score (nSPS) is 16.1. The molecule has 0 saturated carbocycles. The molecule has 2 aliphatic rings. The maximum atomic E-state index is 12.1. The van der Waals surface area contributed by atoms with Crippen molar-refractivity contribution < 1.29 is 9.59 Å². The van der Waals surface area contributed by atoms with Crippen molar-refractivity contribution in [3.63, 3.8) is 0 Å². The van der Waals surface area contributed by atoms with Crippen LogP contribution < -0.4 is 16.0 Å². The van der Waals surface area contributed by atoms with Gasteiger partial charge in [0.25, 0.3) is 0 Å². The van der Waals surface area contributed by atoms with Gasteiger partial charge in [-0.25, -0.2) is 14.8 Å². The Balaban J connectivity index is 1.54. The van der Waals surface area contributed by atoms with E-state index >= 15 is 0 Å². The fraction of sp³-hybridized carbons (Fsp3) is 0.385. The molecule has 190 valence electrons. The van der Waals surface area contributed by atoms with Crippen LogP contribution in [0.3, 0.4) is 0 Å². The molecule has 0 bridgehead atoms. The van der Waals surface area contributed by atoms with E-state index in [1.54, 1.807) is 11.3 Å². The molecule has 0 unspecified atom stereocenters. The third-order valence-corrected chi connectivity index (χ3v) is 6.85. The van der Waals surface area contributed by atoms with Gasteiger partial charge in [-0.05, 0) is 62.1 Å². The second kappa shape index (κ2) is 12.0. The number of hydrogen-bond donors (Lipinski definition) is 3. The minimum Gasteiger partial charge on any atom is -0.338 e. The number of allylic oxidation sites excluding steroid dienone is 3. The van der Waals surface area contributed by atoms with Crippen molar-refractivity contribution >= 4 is 39.8 Å². The Labute approximate surface area is 216 Å². The minimum absolute atomic E-state index is 0.00483. The zero-order chi connectivity index (χ0) is 25.5. The molecule has 1 fully saturated rings. The van der Waals surface area contributed by atoms with E-state index in [0.29, 0.717) is 19.6 Å². The topological polar surface area (TPSA) is 102 Å². The van der Waals surface area contributed by atoms with Gasteiger partial charge >= 0.3 is 6.03 Å². The minimum atomic E-state index is -0.228. The molecule has 0 radical (unpaired) electrons. The molecule has 0 aromatic carbocycles. The lowest BCUT2D eigenvalue weighted by Gasteiger charge is -2.34. The smallest absolute Gasteiger partial charge is 0.317 e. The number of pyridine rings is 1. The monoisotopic (exact) mass is 507 g/mol. The molecule has 3 amide bonds. The van der Waals surface area contributed by atoms with E-state index in [2.05, 4.69) is 44.5 Å². The zero-order valence-electron chi connectivity index (χ0n) is 20.8. The first-order valence-corrected chi connectivity index (χ1v) is 13.0. The number of aromatic nitrogens is 2. The third-order valence-electron chi connectivity index (χ3n) is 6.02. The summed E-state index contributed by atoms with van der Waals surface area (Å²) in [5, 5.41) is 9.90. The second-order valence-corrected chi connectivity index (χ2v) is 10.0. The second-order valence-electron chi connectivity index (χ2n) is 8.81. The van der Waals surface area contributed by atoms with Gasteiger partial charge in [0.05, 0.1) is 5.69 Å². The summed E-state index contributed by atoms with van der Waals surface area (Å²) >= 11 is 1.59. The van der Waals surface area contributed by atoms with Crippen molar-refractivity contribution in [3.8, 4) is 0 Å². The molecule has 4 rings (SSSR count). The molecule has 36 heavy (non-hydrogen) atoms. The highest BCUT2D eigenvalue weighted by Gasteiger charge is 2.21. The highest BCUT2D eigenvalue weighted by atomic mass is 32.1. The van der Waals surface area contributed by atoms with Crippen LogP contribution in [0, 0.1) is 6.92 Å². The number of rotatable bonds is 8. The SMILES string of the molecule is C=CC(=O)NC1=CCCC(c2cc(CN3CCN(C(=O)NCC)CC3)cc(Nc3ncc(C)s3)n2)=C1. The van der Waals surface area contributed by atoms with Gasteiger partial charge in [-0.3, -0.25) is 9.69 Å². The Morgan fingerprint density at radius 1 is 1.22 bits per heavy atom. The van der Waals surface area contributed by atoms with Crippen molar-refractivity contribution in [1.29, 1.82) is 0 Å². The van der Waals surface area contributed by atoms with Gasteiger partial charge in [-0.2, -0.15) is 0 Å². The molecule has 2 aromatic rings. The number of thiazole rings is 1. The van der Waals surface area contributed by atoms with E-state index in [1.165, 1.54) is 6.08 Å². The van der Waals surface area contributed by atoms with Crippen LogP contribution in [-0.2, 0) is 11.3 Å². The number of nitrogens with zero attached hydrogens (tertiary/aromatic N) is 4. The first-order chi connectivity index (χ1) is 17.4. The summed E-state index contributed by atoms with van der Waals surface area (Å²) < 4.78 is 0. The van der Waals surface area contributed by atoms with Crippen molar-refractivity contribution in [2.24, 2.45) is 0 Å². The lowest BCUT2D eigenvalue weighted by atomic mass is 9.98. The number of carbonyl (C=O) groups excluding carboxylic acids is 2. The van der Waals surface area contributed by atoms with Crippen molar-refractivity contribution in [2.45, 2.75) is 33.2 Å². The maximum Gasteiger partial charge on any atom is 0.317 e. The van der Waals surface area contributed by atoms with Crippen LogP contribution in [0.25, 0.3) is 5.57 Å². The van der Waals surface area contributed by atoms with Crippen LogP contribution in [0.5, 0.6) is 0 Å². The number of anilines is 2. The number of piperazine rings is 1. The number of amides is 3. The zero-order valence-corrected chi connectivity index (χ0v) is 21.7. The van der Waals surface area contributed by atoms with Crippen LogP contribution in [0.2, 0.25) is 0 Å². The van der Waals surface area contributed by atoms with Gasteiger partial charge in [0.15, 0.2) is 5.13 Å². The highest BCUT2D eigenvalue weighted by Crippen LogP contribution is 2.29. The quantitative estimate of drug-likeness (QED) is 0.470. The summed E-state index contributed by atoms with van der Waals surface area (Å²) in [6, 6.07) is 4.19. The van der Waals surface area contributed by atoms with Crippen LogP contribution in [-0.4, -0.2) is 64.4 Å². The number of aryl methyl sites for hydroxylation is 1. The van der Waals surface area contributed by atoms with Crippen LogP contribution in [0.4, 0.5) is 15.7 Å². The average molecular weight is 508 g/mol. The lowest BCUT2D eigenvalue weighted by molar-refractivity contribution is -0.115. The van der Waals surface area contributed by atoms with E-state index in [0.717, 1.165) is 70.8 Å². The summed E-state index contributed by atoms with van der Waals surface area (Å²) in [5.74, 6) is 0.513. The fourth-order valence-electron chi connectivity index (χ4n) is 4.24. The number of urea groups is 1. The largest absolute Gasteiger partial charge is 0.338 e. The molecule has 10 heteroatoms. The van der Waals surface area contributed by atoms with Gasteiger partial charge < -0.3 is 20.9 Å². The predicted molar refractivity (Wildman–Crippen MR) is 144 cm³/mol. The molecule has 1 aliphatic heterocycles. The van der Waals surface area contributed by atoms with Gasteiger partial charge in [0.1, 0.15) is 5.82 Å². The van der Waals surface area contributed by atoms with E-state index in [1.807, 2.05) is 37.1 Å². The van der Waals surface area contributed by atoms with Crippen molar-refractivity contribution in [2.75, 3.05) is 38.0 Å². The van der Waals surface area contributed by atoms with Gasteiger partial charge in [0.2, 0.25) is 5.91 Å². The third kappa shape index (κ3) is 6.79. The van der Waals surface area contributed by atoms with Crippen molar-refractivity contribution in [3.05, 3.63) is 65.0 Å². The van der Waals surface area contributed by atoms with E-state index < -0.39 is 0 Å². The van der Waals surface area contributed by atoms with Crippen LogP contribution >= 0.6 is 11.3 Å². The van der Waals surface area contributed by atoms with E-state index in [9.17, 15) is 9.59 Å². The van der Waals surface area contributed by atoms with Crippen molar-refractivity contribution in [1.82, 2.24) is 30.4 Å². The molecule has 3 N–H and O–H groups in total. The summed E-state index contributed by atoms with van der Waals surface area (Å²) in [7, 11) is 0. The molecule has 1 saturated heterocycles. The summed E-state index contributed by atoms with van der Waals surface area (Å²) in [5.41, 5.74) is 3.84. The van der Waals surface area contributed by atoms with E-state index in [-0.39, 0.29) is 11.9 Å². The highest BCUT2D eigenvalue weighted by molar-refractivity contribution is 7.15. The standard InChI is InChI=1S/C26H33N7O2S/c1-4-24(34)29-21-8-6-7-20(15-21)22-13-19(14-23(30-22)31-25-28-16-18(3)36-25)17-32-9-11-33(12-10-32)26(35)27-5-2/h4,8,13-16H,1,5-7,9-12,17H2,2-3H3,(H,27,35)(H,29,34)(H,28,30,31). The fourth-order valence-corrected chi connectivity index (χ4v) is 4.92. The molecular formula is C26H33N7O2S. The summed E-state index contributed by atoms with van der Waals surface area (Å²) in [4.78, 5) is 38.6. The average Bonchev–Trinajstić information content (AvgIpc) is 3.28. The Morgan fingerprint density at radius 3 is 2.72 bits per heavy atom. The number of nitrogens with one attached hydrogen (secondary N) is 3. The van der Waals surface area contributed by atoms with Crippen LogP contribution in [0.1, 0.15) is 35.9 Å². The molecule has 2 aromatic heterocycles. The Morgan fingerprint density at radius 2 is 2.03 bits per heavy atom. The Hall–Kier alpha value is -3.50. The number of carbonyl (C=O) groups is 2. The molecular weight excluding hydrogens is 474 g/mol. The first kappa shape index (κ1) is 25.6. The first-order valence-electron chi connectivity index (χ1n) is 12.2. The molecule has 1 aliphatic carbocycles. The maximum absolute atomic E-state index is 12.1. The Bertz CT molecular complexity index is 1180. The Kier molecular flexibility index (Phi) is 8.50. The summed E-state index contributed by atoms with van der Waals surface area (Å²) in [6.45, 7) is 11.9.